The Morgan fingerprint density at radius 2 is 1.78 bits per heavy atom. The summed E-state index contributed by atoms with van der Waals surface area (Å²) in [6, 6.07) is 13.2. The van der Waals surface area contributed by atoms with E-state index in [0.717, 1.165) is 5.56 Å². The molecule has 1 N–H and O–H groups in total. The van der Waals surface area contributed by atoms with Gasteiger partial charge in [0.25, 0.3) is 0 Å². The van der Waals surface area contributed by atoms with Gasteiger partial charge in [0.15, 0.2) is 0 Å². The zero-order valence-electron chi connectivity index (χ0n) is 11.9. The van der Waals surface area contributed by atoms with Crippen LogP contribution in [-0.4, -0.2) is 25.7 Å². The maximum Gasteiger partial charge on any atom is 0.211 e. The third-order valence-corrected chi connectivity index (χ3v) is 3.45. The molecule has 0 saturated carbocycles. The summed E-state index contributed by atoms with van der Waals surface area (Å²) < 4.78 is 1.41. The van der Waals surface area contributed by atoms with E-state index in [1.807, 2.05) is 0 Å². The summed E-state index contributed by atoms with van der Waals surface area (Å²) in [4.78, 5) is 16.7. The Kier molecular flexibility index (Phi) is 4.21. The number of Topliss-reactive ketones (excluding diaryl/α,β-unsaturated/α-hetero) is 1. The van der Waals surface area contributed by atoms with E-state index in [2.05, 4.69) is 10.1 Å². The molecule has 114 valence electrons. The van der Waals surface area contributed by atoms with Gasteiger partial charge in [-0.3, -0.25) is 4.79 Å². The Morgan fingerprint density at radius 1 is 1.09 bits per heavy atom. The first-order chi connectivity index (χ1) is 11.1. The van der Waals surface area contributed by atoms with Crippen LogP contribution in [0.4, 0.5) is 0 Å². The van der Waals surface area contributed by atoms with Crippen LogP contribution in [0.2, 0.25) is 5.02 Å². The Morgan fingerprint density at radius 3 is 2.39 bits per heavy atom. The molecule has 3 rings (SSSR count). The lowest BCUT2D eigenvalue weighted by atomic mass is 10.1. The van der Waals surface area contributed by atoms with Crippen molar-refractivity contribution in [2.75, 3.05) is 0 Å². The Bertz CT molecular complexity index is 839. The maximum absolute atomic E-state index is 12.8. The van der Waals surface area contributed by atoms with E-state index in [9.17, 15) is 9.90 Å². The molecule has 0 fully saturated rings. The van der Waals surface area contributed by atoms with Gasteiger partial charge in [-0.2, -0.15) is 5.10 Å². The van der Waals surface area contributed by atoms with Crippen LogP contribution in [0.15, 0.2) is 61.2 Å². The molecular formula is C17H12ClN3O2. The second kappa shape index (κ2) is 6.46. The fourth-order valence-corrected chi connectivity index (χ4v) is 2.17. The van der Waals surface area contributed by atoms with Gasteiger partial charge < -0.3 is 5.11 Å². The van der Waals surface area contributed by atoms with Gasteiger partial charge in [0, 0.05) is 10.6 Å². The number of nitrogens with zero attached hydrogens (tertiary/aromatic N) is 3. The molecule has 0 unspecified atom stereocenters. The monoisotopic (exact) mass is 325 g/mol. The molecule has 0 aliphatic rings. The van der Waals surface area contributed by atoms with Crippen LogP contribution in [0.1, 0.15) is 15.9 Å². The standard InChI is InChI=1S/C17H12ClN3O2/c18-14-5-3-13(4-6-14)17(23)16(21-11-19-10-20-21)9-12-1-7-15(22)8-2-12/h1-11,22H/b16-9+. The fourth-order valence-electron chi connectivity index (χ4n) is 2.05. The zero-order valence-corrected chi connectivity index (χ0v) is 12.7. The van der Waals surface area contributed by atoms with Crippen LogP contribution in [-0.2, 0) is 0 Å². The van der Waals surface area contributed by atoms with Gasteiger partial charge in [0.1, 0.15) is 24.1 Å². The molecule has 3 aromatic rings. The normalized spacial score (nSPS) is 11.4. The van der Waals surface area contributed by atoms with Gasteiger partial charge in [-0.05, 0) is 48.0 Å². The number of benzene rings is 2. The number of allylic oxidation sites excluding steroid dienone is 1. The van der Waals surface area contributed by atoms with E-state index >= 15 is 0 Å². The molecule has 5 nitrogen and oxygen atoms in total. The highest BCUT2D eigenvalue weighted by molar-refractivity contribution is 6.31. The largest absolute Gasteiger partial charge is 0.508 e. The molecule has 0 spiro atoms. The number of aromatic nitrogens is 3. The van der Waals surface area contributed by atoms with E-state index < -0.39 is 0 Å². The lowest BCUT2D eigenvalue weighted by Gasteiger charge is -2.07. The summed E-state index contributed by atoms with van der Waals surface area (Å²) in [5.74, 6) is -0.0475. The second-order valence-electron chi connectivity index (χ2n) is 4.80. The summed E-state index contributed by atoms with van der Waals surface area (Å²) in [5, 5.41) is 14.0. The molecule has 0 amide bonds. The number of aromatic hydroxyl groups is 1. The molecule has 0 radical (unpaired) electrons. The SMILES string of the molecule is O=C(/C(=C\c1ccc(O)cc1)n1cncn1)c1ccc(Cl)cc1. The van der Waals surface area contributed by atoms with E-state index in [0.29, 0.717) is 16.3 Å². The predicted octanol–water partition coefficient (Wildman–Crippen LogP) is 3.52. The quantitative estimate of drug-likeness (QED) is 0.588. The van der Waals surface area contributed by atoms with Crippen molar-refractivity contribution in [2.24, 2.45) is 0 Å². The van der Waals surface area contributed by atoms with Crippen LogP contribution in [0.3, 0.4) is 0 Å². The molecule has 0 saturated heterocycles. The van der Waals surface area contributed by atoms with Crippen LogP contribution in [0.5, 0.6) is 5.75 Å². The lowest BCUT2D eigenvalue weighted by molar-refractivity contribution is 0.105. The van der Waals surface area contributed by atoms with Crippen LogP contribution < -0.4 is 0 Å². The highest BCUT2D eigenvalue weighted by atomic mass is 35.5. The molecule has 1 aromatic heterocycles. The topological polar surface area (TPSA) is 68.0 Å². The number of carbonyl (C=O) groups is 1. The minimum atomic E-state index is -0.208. The molecule has 0 aliphatic carbocycles. The third-order valence-electron chi connectivity index (χ3n) is 3.20. The van der Waals surface area contributed by atoms with Gasteiger partial charge in [0.2, 0.25) is 5.78 Å². The second-order valence-corrected chi connectivity index (χ2v) is 5.23. The van der Waals surface area contributed by atoms with Crippen molar-refractivity contribution in [3.05, 3.63) is 77.3 Å². The Hall–Kier alpha value is -2.92. The summed E-state index contributed by atoms with van der Waals surface area (Å²) in [6.45, 7) is 0. The minimum Gasteiger partial charge on any atom is -0.508 e. The smallest absolute Gasteiger partial charge is 0.211 e. The summed E-state index contributed by atoms with van der Waals surface area (Å²) in [7, 11) is 0. The van der Waals surface area contributed by atoms with Gasteiger partial charge in [0.05, 0.1) is 0 Å². The molecule has 0 bridgehead atoms. The molecule has 6 heteroatoms. The minimum absolute atomic E-state index is 0.161. The van der Waals surface area contributed by atoms with Crippen LogP contribution in [0, 0.1) is 0 Å². The van der Waals surface area contributed by atoms with Crippen molar-refractivity contribution in [1.82, 2.24) is 14.8 Å². The average molecular weight is 326 g/mol. The number of halogens is 1. The number of phenolic OH excluding ortho intramolecular Hbond substituents is 1. The Balaban J connectivity index is 2.04. The maximum atomic E-state index is 12.8. The number of ketones is 1. The first-order valence-corrected chi connectivity index (χ1v) is 7.17. The van der Waals surface area contributed by atoms with Crippen molar-refractivity contribution < 1.29 is 9.90 Å². The first-order valence-electron chi connectivity index (χ1n) is 6.79. The van der Waals surface area contributed by atoms with Crippen LogP contribution in [0.25, 0.3) is 11.8 Å². The van der Waals surface area contributed by atoms with Crippen molar-refractivity contribution in [2.45, 2.75) is 0 Å². The van der Waals surface area contributed by atoms with Crippen molar-refractivity contribution in [3.8, 4) is 5.75 Å². The van der Waals surface area contributed by atoms with Crippen molar-refractivity contribution >= 4 is 29.2 Å². The highest BCUT2D eigenvalue weighted by Crippen LogP contribution is 2.19. The third kappa shape index (κ3) is 3.46. The highest BCUT2D eigenvalue weighted by Gasteiger charge is 2.15. The molecular weight excluding hydrogens is 314 g/mol. The molecule has 2 aromatic carbocycles. The van der Waals surface area contributed by atoms with E-state index in [1.54, 1.807) is 54.6 Å². The number of hydrogen-bond acceptors (Lipinski definition) is 4. The number of hydrogen-bond donors (Lipinski definition) is 1. The number of rotatable bonds is 4. The zero-order chi connectivity index (χ0) is 16.2. The van der Waals surface area contributed by atoms with Gasteiger partial charge >= 0.3 is 0 Å². The molecule has 0 atom stereocenters. The number of carbonyl (C=O) groups excluding carboxylic acids is 1. The average Bonchev–Trinajstić information content (AvgIpc) is 3.08. The van der Waals surface area contributed by atoms with Crippen molar-refractivity contribution in [1.29, 1.82) is 0 Å². The lowest BCUT2D eigenvalue weighted by Crippen LogP contribution is -2.10. The predicted molar refractivity (Wildman–Crippen MR) is 88.1 cm³/mol. The summed E-state index contributed by atoms with van der Waals surface area (Å²) in [5.41, 5.74) is 1.60. The van der Waals surface area contributed by atoms with Crippen LogP contribution >= 0.6 is 11.6 Å². The first kappa shape index (κ1) is 15.0. The van der Waals surface area contributed by atoms with Crippen molar-refractivity contribution in [3.63, 3.8) is 0 Å². The molecule has 0 aliphatic heterocycles. The van der Waals surface area contributed by atoms with Gasteiger partial charge in [-0.25, -0.2) is 9.67 Å². The Labute approximate surface area is 137 Å². The number of phenols is 1. The van der Waals surface area contributed by atoms with Gasteiger partial charge in [-0.1, -0.05) is 23.7 Å². The summed E-state index contributed by atoms with van der Waals surface area (Å²) in [6.07, 6.45) is 4.50. The molecule has 23 heavy (non-hydrogen) atoms. The van der Waals surface area contributed by atoms with E-state index in [4.69, 9.17) is 11.6 Å². The van der Waals surface area contributed by atoms with E-state index in [-0.39, 0.29) is 11.5 Å². The summed E-state index contributed by atoms with van der Waals surface area (Å²) >= 11 is 5.86. The van der Waals surface area contributed by atoms with Gasteiger partial charge in [-0.15, -0.1) is 0 Å². The van der Waals surface area contributed by atoms with E-state index in [1.165, 1.54) is 17.3 Å². The molecule has 1 heterocycles. The fraction of sp³-hybridized carbons (Fsp3) is 0.